The van der Waals surface area contributed by atoms with E-state index in [0.717, 1.165) is 5.56 Å². The third kappa shape index (κ3) is 3.33. The molecule has 5 heteroatoms. The van der Waals surface area contributed by atoms with Crippen molar-refractivity contribution in [2.24, 2.45) is 5.84 Å². The molecule has 1 amide bonds. The Morgan fingerprint density at radius 1 is 1.16 bits per heavy atom. The van der Waals surface area contributed by atoms with Crippen molar-refractivity contribution in [3.8, 4) is 0 Å². The van der Waals surface area contributed by atoms with Gasteiger partial charge in [-0.2, -0.15) is 0 Å². The van der Waals surface area contributed by atoms with Crippen LogP contribution >= 0.6 is 11.8 Å². The molecule has 0 fully saturated rings. The van der Waals surface area contributed by atoms with Crippen molar-refractivity contribution in [2.75, 3.05) is 0 Å². The Morgan fingerprint density at radius 3 is 2.58 bits per heavy atom. The number of halogens is 1. The van der Waals surface area contributed by atoms with Gasteiger partial charge in [0.2, 0.25) is 0 Å². The molecule has 0 radical (unpaired) electrons. The minimum absolute atomic E-state index is 0.256. The van der Waals surface area contributed by atoms with E-state index in [1.807, 2.05) is 12.1 Å². The van der Waals surface area contributed by atoms with E-state index in [4.69, 9.17) is 5.84 Å². The summed E-state index contributed by atoms with van der Waals surface area (Å²) in [5.41, 5.74) is 3.44. The number of benzene rings is 2. The average Bonchev–Trinajstić information content (AvgIpc) is 2.46. The van der Waals surface area contributed by atoms with Crippen LogP contribution in [0.3, 0.4) is 0 Å². The standard InChI is InChI=1S/C14H13FN2OS/c15-12-7-3-4-8-13(12)19-9-10-5-1-2-6-11(10)14(18)17-16/h1-8H,9,16H2,(H,17,18). The molecule has 0 aliphatic rings. The number of rotatable bonds is 4. The van der Waals surface area contributed by atoms with E-state index >= 15 is 0 Å². The Morgan fingerprint density at radius 2 is 1.84 bits per heavy atom. The predicted molar refractivity (Wildman–Crippen MR) is 74.1 cm³/mol. The van der Waals surface area contributed by atoms with Crippen LogP contribution in [0.1, 0.15) is 15.9 Å². The lowest BCUT2D eigenvalue weighted by Crippen LogP contribution is -2.30. The molecule has 0 saturated heterocycles. The molecule has 0 aliphatic heterocycles. The second-order valence-electron chi connectivity index (χ2n) is 3.85. The Bertz CT molecular complexity index is 589. The maximum Gasteiger partial charge on any atom is 0.265 e. The lowest BCUT2D eigenvalue weighted by Gasteiger charge is -2.08. The Balaban J connectivity index is 2.16. The molecular formula is C14H13FN2OS. The summed E-state index contributed by atoms with van der Waals surface area (Å²) < 4.78 is 13.5. The van der Waals surface area contributed by atoms with Crippen molar-refractivity contribution in [3.63, 3.8) is 0 Å². The van der Waals surface area contributed by atoms with E-state index in [1.54, 1.807) is 30.3 Å². The SMILES string of the molecule is NNC(=O)c1ccccc1CSc1ccccc1F. The molecule has 98 valence electrons. The van der Waals surface area contributed by atoms with Crippen LogP contribution < -0.4 is 11.3 Å². The van der Waals surface area contributed by atoms with Crippen molar-refractivity contribution in [1.29, 1.82) is 0 Å². The first-order valence-electron chi connectivity index (χ1n) is 5.68. The van der Waals surface area contributed by atoms with Crippen LogP contribution in [0.2, 0.25) is 0 Å². The van der Waals surface area contributed by atoms with Gasteiger partial charge in [0.15, 0.2) is 0 Å². The fraction of sp³-hybridized carbons (Fsp3) is 0.0714. The summed E-state index contributed by atoms with van der Waals surface area (Å²) in [5.74, 6) is 5.04. The van der Waals surface area contributed by atoms with Crippen molar-refractivity contribution in [3.05, 3.63) is 65.5 Å². The fourth-order valence-corrected chi connectivity index (χ4v) is 2.61. The van der Waals surface area contributed by atoms with Gasteiger partial charge >= 0.3 is 0 Å². The molecule has 3 nitrogen and oxygen atoms in total. The first-order chi connectivity index (χ1) is 9.22. The smallest absolute Gasteiger partial charge is 0.265 e. The van der Waals surface area contributed by atoms with Crippen LogP contribution in [0.15, 0.2) is 53.4 Å². The summed E-state index contributed by atoms with van der Waals surface area (Å²) in [4.78, 5) is 12.2. The maximum absolute atomic E-state index is 13.5. The molecule has 0 bridgehead atoms. The van der Waals surface area contributed by atoms with Crippen molar-refractivity contribution < 1.29 is 9.18 Å². The van der Waals surface area contributed by atoms with Gasteiger partial charge in [0.05, 0.1) is 0 Å². The molecule has 0 aromatic heterocycles. The van der Waals surface area contributed by atoms with E-state index in [1.165, 1.54) is 17.8 Å². The number of nitrogens with one attached hydrogen (secondary N) is 1. The minimum Gasteiger partial charge on any atom is -0.290 e. The lowest BCUT2D eigenvalue weighted by molar-refractivity contribution is 0.0953. The second kappa shape index (κ2) is 6.36. The van der Waals surface area contributed by atoms with Crippen LogP contribution in [0.5, 0.6) is 0 Å². The van der Waals surface area contributed by atoms with Crippen LogP contribution in [0, 0.1) is 5.82 Å². The lowest BCUT2D eigenvalue weighted by atomic mass is 10.1. The van der Waals surface area contributed by atoms with Gasteiger partial charge in [0.1, 0.15) is 5.82 Å². The number of hydrogen-bond acceptors (Lipinski definition) is 3. The molecule has 0 unspecified atom stereocenters. The van der Waals surface area contributed by atoms with Gasteiger partial charge in [0.25, 0.3) is 5.91 Å². The Hall–Kier alpha value is -1.85. The molecule has 0 spiro atoms. The molecule has 0 heterocycles. The first kappa shape index (κ1) is 13.6. The highest BCUT2D eigenvalue weighted by Crippen LogP contribution is 2.26. The highest BCUT2D eigenvalue weighted by Gasteiger charge is 2.10. The molecule has 2 aromatic carbocycles. The molecule has 0 saturated carbocycles. The quantitative estimate of drug-likeness (QED) is 0.391. The number of amides is 1. The third-order valence-corrected chi connectivity index (χ3v) is 3.71. The van der Waals surface area contributed by atoms with E-state index in [-0.39, 0.29) is 11.7 Å². The third-order valence-electron chi connectivity index (χ3n) is 2.61. The number of carbonyl (C=O) groups is 1. The zero-order chi connectivity index (χ0) is 13.7. The summed E-state index contributed by atoms with van der Waals surface area (Å²) in [5, 5.41) is 0. The largest absolute Gasteiger partial charge is 0.290 e. The van der Waals surface area contributed by atoms with Crippen LogP contribution in [-0.4, -0.2) is 5.91 Å². The number of carbonyl (C=O) groups excluding carboxylic acids is 1. The Labute approximate surface area is 115 Å². The van der Waals surface area contributed by atoms with Crippen molar-refractivity contribution >= 4 is 17.7 Å². The van der Waals surface area contributed by atoms with E-state index in [2.05, 4.69) is 5.43 Å². The number of nitrogens with two attached hydrogens (primary N) is 1. The molecule has 19 heavy (non-hydrogen) atoms. The van der Waals surface area contributed by atoms with Gasteiger partial charge < -0.3 is 0 Å². The van der Waals surface area contributed by atoms with Gasteiger partial charge in [-0.05, 0) is 23.8 Å². The van der Waals surface area contributed by atoms with Gasteiger partial charge in [-0.25, -0.2) is 10.2 Å². The molecule has 2 aromatic rings. The number of hydrazine groups is 1. The first-order valence-corrected chi connectivity index (χ1v) is 6.67. The monoisotopic (exact) mass is 276 g/mol. The molecule has 3 N–H and O–H groups in total. The molecular weight excluding hydrogens is 263 g/mol. The Kier molecular flexibility index (Phi) is 4.54. The zero-order valence-electron chi connectivity index (χ0n) is 10.1. The second-order valence-corrected chi connectivity index (χ2v) is 4.87. The van der Waals surface area contributed by atoms with E-state index in [9.17, 15) is 9.18 Å². The molecule has 0 atom stereocenters. The summed E-state index contributed by atoms with van der Waals surface area (Å²) in [6, 6.07) is 13.7. The summed E-state index contributed by atoms with van der Waals surface area (Å²) in [7, 11) is 0. The maximum atomic E-state index is 13.5. The van der Waals surface area contributed by atoms with E-state index in [0.29, 0.717) is 16.2 Å². The van der Waals surface area contributed by atoms with Gasteiger partial charge in [-0.3, -0.25) is 10.2 Å². The topological polar surface area (TPSA) is 55.1 Å². The van der Waals surface area contributed by atoms with Crippen molar-refractivity contribution in [2.45, 2.75) is 10.6 Å². The highest BCUT2D eigenvalue weighted by atomic mass is 32.2. The minimum atomic E-state index is -0.343. The predicted octanol–water partition coefficient (Wildman–Crippen LogP) is 2.72. The number of hydrogen-bond donors (Lipinski definition) is 2. The van der Waals surface area contributed by atoms with E-state index < -0.39 is 0 Å². The van der Waals surface area contributed by atoms with Crippen LogP contribution in [0.4, 0.5) is 4.39 Å². The zero-order valence-corrected chi connectivity index (χ0v) is 10.9. The van der Waals surface area contributed by atoms with Crippen LogP contribution in [-0.2, 0) is 5.75 Å². The molecule has 2 rings (SSSR count). The normalized spacial score (nSPS) is 10.2. The summed E-state index contributed by atoms with van der Waals surface area (Å²) >= 11 is 1.35. The summed E-state index contributed by atoms with van der Waals surface area (Å²) in [6.45, 7) is 0. The van der Waals surface area contributed by atoms with Crippen molar-refractivity contribution in [1.82, 2.24) is 5.43 Å². The average molecular weight is 276 g/mol. The molecule has 0 aliphatic carbocycles. The summed E-state index contributed by atoms with van der Waals surface area (Å²) in [6.07, 6.45) is 0. The number of nitrogen functional groups attached to an aromatic ring is 1. The van der Waals surface area contributed by atoms with Gasteiger partial charge in [-0.1, -0.05) is 30.3 Å². The van der Waals surface area contributed by atoms with Crippen LogP contribution in [0.25, 0.3) is 0 Å². The van der Waals surface area contributed by atoms with Gasteiger partial charge in [-0.15, -0.1) is 11.8 Å². The fourth-order valence-electron chi connectivity index (χ4n) is 1.66. The highest BCUT2D eigenvalue weighted by molar-refractivity contribution is 7.98. The van der Waals surface area contributed by atoms with Gasteiger partial charge in [0, 0.05) is 16.2 Å². The number of thioether (sulfide) groups is 1.